The average Bonchev–Trinajstić information content (AvgIpc) is 2.90. The monoisotopic (exact) mass is 240 g/mol. The SMILES string of the molecule is Cc1c(C=O)c2cccnn2c1-c1ccnn1C. The van der Waals surface area contributed by atoms with E-state index >= 15 is 0 Å². The Morgan fingerprint density at radius 3 is 2.72 bits per heavy atom. The molecule has 0 radical (unpaired) electrons. The fraction of sp³-hybridized carbons (Fsp3) is 0.154. The minimum atomic E-state index is 0.680. The van der Waals surface area contributed by atoms with Crippen LogP contribution in [0.1, 0.15) is 15.9 Å². The number of fused-ring (bicyclic) bond motifs is 1. The summed E-state index contributed by atoms with van der Waals surface area (Å²) in [7, 11) is 1.87. The molecule has 0 saturated carbocycles. The largest absolute Gasteiger partial charge is 0.298 e. The first-order valence-corrected chi connectivity index (χ1v) is 5.64. The van der Waals surface area contributed by atoms with Gasteiger partial charge in [-0.2, -0.15) is 10.2 Å². The van der Waals surface area contributed by atoms with Crippen molar-refractivity contribution in [2.45, 2.75) is 6.92 Å². The number of carbonyl (C=O) groups excluding carboxylic acids is 1. The first kappa shape index (κ1) is 10.7. The summed E-state index contributed by atoms with van der Waals surface area (Å²) < 4.78 is 3.56. The van der Waals surface area contributed by atoms with Crippen LogP contribution in [0.2, 0.25) is 0 Å². The molecule has 18 heavy (non-hydrogen) atoms. The third-order valence-corrected chi connectivity index (χ3v) is 3.18. The Morgan fingerprint density at radius 2 is 2.06 bits per heavy atom. The van der Waals surface area contributed by atoms with Crippen LogP contribution in [0.25, 0.3) is 16.9 Å². The molecule has 0 unspecified atom stereocenters. The Morgan fingerprint density at radius 1 is 1.22 bits per heavy atom. The summed E-state index contributed by atoms with van der Waals surface area (Å²) in [5.74, 6) is 0. The van der Waals surface area contributed by atoms with Crippen LogP contribution in [0.3, 0.4) is 0 Å². The summed E-state index contributed by atoms with van der Waals surface area (Å²) >= 11 is 0. The van der Waals surface area contributed by atoms with E-state index in [1.165, 1.54) is 0 Å². The maximum Gasteiger partial charge on any atom is 0.152 e. The third-order valence-electron chi connectivity index (χ3n) is 3.18. The van der Waals surface area contributed by atoms with Gasteiger partial charge in [0.15, 0.2) is 6.29 Å². The minimum Gasteiger partial charge on any atom is -0.298 e. The van der Waals surface area contributed by atoms with Gasteiger partial charge in [0.05, 0.1) is 16.9 Å². The van der Waals surface area contributed by atoms with Crippen molar-refractivity contribution >= 4 is 11.8 Å². The normalized spacial score (nSPS) is 11.0. The molecule has 3 aromatic rings. The van der Waals surface area contributed by atoms with Crippen LogP contribution in [0.5, 0.6) is 0 Å². The molecule has 0 atom stereocenters. The lowest BCUT2D eigenvalue weighted by Gasteiger charge is -2.03. The van der Waals surface area contributed by atoms with E-state index in [1.54, 1.807) is 21.6 Å². The van der Waals surface area contributed by atoms with Gasteiger partial charge >= 0.3 is 0 Å². The molecule has 0 amide bonds. The van der Waals surface area contributed by atoms with E-state index in [2.05, 4.69) is 10.2 Å². The number of carbonyl (C=O) groups is 1. The lowest BCUT2D eigenvalue weighted by Crippen LogP contribution is -1.99. The first-order valence-electron chi connectivity index (χ1n) is 5.64. The van der Waals surface area contributed by atoms with Crippen LogP contribution in [-0.4, -0.2) is 25.7 Å². The highest BCUT2D eigenvalue weighted by molar-refractivity contribution is 5.92. The van der Waals surface area contributed by atoms with Gasteiger partial charge in [0.1, 0.15) is 0 Å². The maximum atomic E-state index is 11.2. The maximum absolute atomic E-state index is 11.2. The van der Waals surface area contributed by atoms with Gasteiger partial charge in [0.2, 0.25) is 0 Å². The van der Waals surface area contributed by atoms with Crippen molar-refractivity contribution in [3.63, 3.8) is 0 Å². The van der Waals surface area contributed by atoms with Gasteiger partial charge in [0.25, 0.3) is 0 Å². The lowest BCUT2D eigenvalue weighted by atomic mass is 10.1. The number of hydrogen-bond donors (Lipinski definition) is 0. The van der Waals surface area contributed by atoms with E-state index in [-0.39, 0.29) is 0 Å². The zero-order chi connectivity index (χ0) is 12.7. The molecule has 0 bridgehead atoms. The lowest BCUT2D eigenvalue weighted by molar-refractivity contribution is 0.112. The van der Waals surface area contributed by atoms with Crippen LogP contribution in [-0.2, 0) is 7.05 Å². The molecule has 3 rings (SSSR count). The van der Waals surface area contributed by atoms with Crippen molar-refractivity contribution in [2.24, 2.45) is 7.05 Å². The van der Waals surface area contributed by atoms with E-state index in [0.717, 1.165) is 28.8 Å². The molecule has 0 aliphatic heterocycles. The Balaban J connectivity index is 2.46. The summed E-state index contributed by atoms with van der Waals surface area (Å²) in [5, 5.41) is 8.49. The molecule has 0 N–H and O–H groups in total. The number of aromatic nitrogens is 4. The molecule has 0 aliphatic carbocycles. The standard InChI is InChI=1S/C13H12N4O/c1-9-10(8-18)11-4-3-6-15-17(11)13(9)12-5-7-14-16(12)2/h3-8H,1-2H3. The zero-order valence-corrected chi connectivity index (χ0v) is 10.2. The van der Waals surface area contributed by atoms with Crippen LogP contribution >= 0.6 is 0 Å². The topological polar surface area (TPSA) is 52.2 Å². The molecule has 5 nitrogen and oxygen atoms in total. The van der Waals surface area contributed by atoms with Crippen molar-refractivity contribution in [1.29, 1.82) is 0 Å². The molecule has 0 saturated heterocycles. The Hall–Kier alpha value is -2.43. The number of nitrogens with zero attached hydrogens (tertiary/aromatic N) is 4. The van der Waals surface area contributed by atoms with Gasteiger partial charge in [-0.05, 0) is 30.7 Å². The predicted octanol–water partition coefficient (Wildman–Crippen LogP) is 1.86. The van der Waals surface area contributed by atoms with Crippen LogP contribution in [0, 0.1) is 6.92 Å². The van der Waals surface area contributed by atoms with E-state index < -0.39 is 0 Å². The second-order valence-corrected chi connectivity index (χ2v) is 4.17. The van der Waals surface area contributed by atoms with Crippen molar-refractivity contribution in [2.75, 3.05) is 0 Å². The van der Waals surface area contributed by atoms with E-state index in [1.807, 2.05) is 32.2 Å². The Labute approximate surface area is 104 Å². The molecule has 5 heteroatoms. The fourth-order valence-electron chi connectivity index (χ4n) is 2.29. The number of rotatable bonds is 2. The van der Waals surface area contributed by atoms with Crippen LogP contribution < -0.4 is 0 Å². The van der Waals surface area contributed by atoms with Gasteiger partial charge in [-0.1, -0.05) is 0 Å². The first-order chi connectivity index (χ1) is 8.74. The second kappa shape index (κ2) is 3.80. The van der Waals surface area contributed by atoms with Crippen LogP contribution in [0.15, 0.2) is 30.6 Å². The van der Waals surface area contributed by atoms with Crippen molar-refractivity contribution in [3.05, 3.63) is 41.7 Å². The molecule has 0 fully saturated rings. The van der Waals surface area contributed by atoms with Gasteiger partial charge in [0, 0.05) is 25.0 Å². The molecular formula is C13H12N4O. The predicted molar refractivity (Wildman–Crippen MR) is 67.5 cm³/mol. The Bertz CT molecular complexity index is 739. The van der Waals surface area contributed by atoms with Crippen molar-refractivity contribution in [1.82, 2.24) is 19.4 Å². The van der Waals surface area contributed by atoms with Crippen LogP contribution in [0.4, 0.5) is 0 Å². The number of aryl methyl sites for hydroxylation is 1. The highest BCUT2D eigenvalue weighted by Gasteiger charge is 2.18. The average molecular weight is 240 g/mol. The van der Waals surface area contributed by atoms with E-state index in [0.29, 0.717) is 5.56 Å². The molecule has 0 aromatic carbocycles. The quantitative estimate of drug-likeness (QED) is 0.642. The fourth-order valence-corrected chi connectivity index (χ4v) is 2.29. The third kappa shape index (κ3) is 1.30. The number of aldehydes is 1. The van der Waals surface area contributed by atoms with E-state index in [9.17, 15) is 4.79 Å². The molecule has 0 spiro atoms. The van der Waals surface area contributed by atoms with Gasteiger partial charge in [-0.15, -0.1) is 0 Å². The Kier molecular flexibility index (Phi) is 2.26. The summed E-state index contributed by atoms with van der Waals surface area (Å²) in [6.07, 6.45) is 4.32. The molecule has 0 aliphatic rings. The van der Waals surface area contributed by atoms with Gasteiger partial charge in [-0.25, -0.2) is 4.52 Å². The van der Waals surface area contributed by atoms with Crippen molar-refractivity contribution in [3.8, 4) is 11.4 Å². The molecule has 3 heterocycles. The van der Waals surface area contributed by atoms with Gasteiger partial charge < -0.3 is 0 Å². The molecular weight excluding hydrogens is 228 g/mol. The smallest absolute Gasteiger partial charge is 0.152 e. The summed E-state index contributed by atoms with van der Waals surface area (Å²) in [5.41, 5.74) is 4.27. The van der Waals surface area contributed by atoms with Gasteiger partial charge in [-0.3, -0.25) is 9.48 Å². The summed E-state index contributed by atoms with van der Waals surface area (Å²) in [4.78, 5) is 11.2. The van der Waals surface area contributed by atoms with Crippen molar-refractivity contribution < 1.29 is 4.79 Å². The zero-order valence-electron chi connectivity index (χ0n) is 10.2. The highest BCUT2D eigenvalue weighted by Crippen LogP contribution is 2.28. The summed E-state index contributed by atoms with van der Waals surface area (Å²) in [6, 6.07) is 5.64. The second-order valence-electron chi connectivity index (χ2n) is 4.17. The molecule has 90 valence electrons. The molecule has 3 aromatic heterocycles. The minimum absolute atomic E-state index is 0.680. The number of hydrogen-bond acceptors (Lipinski definition) is 3. The van der Waals surface area contributed by atoms with E-state index in [4.69, 9.17) is 0 Å². The highest BCUT2D eigenvalue weighted by atomic mass is 16.1. The summed E-state index contributed by atoms with van der Waals surface area (Å²) in [6.45, 7) is 1.93.